The third-order valence-electron chi connectivity index (χ3n) is 6.72. The molecule has 1 aromatic heterocycles. The first kappa shape index (κ1) is 30.1. The van der Waals surface area contributed by atoms with E-state index in [0.29, 0.717) is 43.6 Å². The van der Waals surface area contributed by atoms with Gasteiger partial charge in [-0.3, -0.25) is 14.5 Å². The van der Waals surface area contributed by atoms with Crippen LogP contribution in [0.3, 0.4) is 0 Å². The van der Waals surface area contributed by atoms with E-state index in [-0.39, 0.29) is 16.5 Å². The second-order valence-electron chi connectivity index (χ2n) is 9.51. The molecule has 42 heavy (non-hydrogen) atoms. The van der Waals surface area contributed by atoms with Crippen LogP contribution in [-0.2, 0) is 21.8 Å². The van der Waals surface area contributed by atoms with Gasteiger partial charge >= 0.3 is 5.91 Å². The molecule has 11 heteroatoms. The molecule has 2 heterocycles. The number of aryl methyl sites for hydroxylation is 1. The fourth-order valence-corrected chi connectivity index (χ4v) is 6.93. The normalized spacial score (nSPS) is 16.3. The third kappa shape index (κ3) is 6.34. The number of aliphatic hydroxyl groups is 1. The molecule has 1 N–H and O–H groups in total. The summed E-state index contributed by atoms with van der Waals surface area (Å²) in [7, 11) is 0. The molecule has 0 spiro atoms. The number of amides is 1. The lowest BCUT2D eigenvalue weighted by molar-refractivity contribution is -0.132. The smallest absolute Gasteiger partial charge is 0.301 e. The molecule has 1 amide bonds. The summed E-state index contributed by atoms with van der Waals surface area (Å²) in [4.78, 5) is 28.3. The number of thioether (sulfide) groups is 1. The van der Waals surface area contributed by atoms with E-state index in [1.165, 1.54) is 28.0 Å². The maximum Gasteiger partial charge on any atom is 0.301 e. The van der Waals surface area contributed by atoms with Gasteiger partial charge in [0.1, 0.15) is 11.5 Å². The molecule has 216 valence electrons. The van der Waals surface area contributed by atoms with Crippen LogP contribution in [0.15, 0.2) is 76.6 Å². The number of halogens is 2. The van der Waals surface area contributed by atoms with Gasteiger partial charge in [0.2, 0.25) is 5.13 Å². The highest BCUT2D eigenvalue weighted by Crippen LogP contribution is 2.44. The fraction of sp³-hybridized carbons (Fsp3) is 0.226. The average molecular weight is 641 g/mol. The predicted molar refractivity (Wildman–Crippen MR) is 169 cm³/mol. The van der Waals surface area contributed by atoms with Gasteiger partial charge in [-0.15, -0.1) is 10.2 Å². The first-order chi connectivity index (χ1) is 20.3. The van der Waals surface area contributed by atoms with E-state index in [0.717, 1.165) is 24.0 Å². The maximum absolute atomic E-state index is 13.5. The van der Waals surface area contributed by atoms with E-state index in [4.69, 9.17) is 27.9 Å². The van der Waals surface area contributed by atoms with Crippen molar-refractivity contribution < 1.29 is 19.4 Å². The highest BCUT2D eigenvalue weighted by Gasteiger charge is 2.48. The van der Waals surface area contributed by atoms with E-state index in [2.05, 4.69) is 10.2 Å². The van der Waals surface area contributed by atoms with Gasteiger partial charge in [0.15, 0.2) is 4.34 Å². The molecule has 5 rings (SSSR count). The van der Waals surface area contributed by atoms with Gasteiger partial charge in [-0.25, -0.2) is 0 Å². The number of hydrogen-bond acceptors (Lipinski definition) is 8. The number of Topliss-reactive ketones (excluding diaryl/α,β-unsaturated/α-hetero) is 1. The molecular weight excluding hydrogens is 613 g/mol. The lowest BCUT2D eigenvalue weighted by Crippen LogP contribution is -2.29. The van der Waals surface area contributed by atoms with E-state index < -0.39 is 17.7 Å². The molecule has 0 radical (unpaired) electrons. The Hall–Kier alpha value is -3.37. The summed E-state index contributed by atoms with van der Waals surface area (Å²) >= 11 is 14.9. The fourth-order valence-electron chi connectivity index (χ4n) is 4.50. The first-order valence-electron chi connectivity index (χ1n) is 13.3. The molecule has 0 saturated carbocycles. The summed E-state index contributed by atoms with van der Waals surface area (Å²) in [6.45, 7) is 4.63. The highest BCUT2D eigenvalue weighted by molar-refractivity contribution is 8.00. The summed E-state index contributed by atoms with van der Waals surface area (Å²) in [5, 5.41) is 21.3. The number of aromatic nitrogens is 2. The van der Waals surface area contributed by atoms with E-state index in [1.54, 1.807) is 36.4 Å². The number of carbonyl (C=O) groups is 2. The van der Waals surface area contributed by atoms with Gasteiger partial charge in [-0.1, -0.05) is 90.5 Å². The number of carbonyl (C=O) groups excluding carboxylic acids is 2. The van der Waals surface area contributed by atoms with Crippen LogP contribution in [0.1, 0.15) is 48.6 Å². The number of anilines is 1. The highest BCUT2D eigenvalue weighted by atomic mass is 35.5. The van der Waals surface area contributed by atoms with Crippen molar-refractivity contribution in [1.82, 2.24) is 10.2 Å². The number of benzene rings is 3. The Morgan fingerprint density at radius 1 is 1.02 bits per heavy atom. The van der Waals surface area contributed by atoms with Crippen LogP contribution in [0.25, 0.3) is 5.76 Å². The molecule has 1 unspecified atom stereocenters. The monoisotopic (exact) mass is 639 g/mol. The number of aliphatic hydroxyl groups excluding tert-OH is 1. The van der Waals surface area contributed by atoms with Crippen LogP contribution in [0.4, 0.5) is 5.13 Å². The van der Waals surface area contributed by atoms with Gasteiger partial charge in [0.25, 0.3) is 5.78 Å². The van der Waals surface area contributed by atoms with Crippen molar-refractivity contribution >= 4 is 68.9 Å². The van der Waals surface area contributed by atoms with Crippen molar-refractivity contribution in [3.63, 3.8) is 0 Å². The zero-order valence-electron chi connectivity index (χ0n) is 22.8. The number of hydrogen-bond donors (Lipinski definition) is 1. The van der Waals surface area contributed by atoms with Gasteiger partial charge in [-0.2, -0.15) is 0 Å². The second kappa shape index (κ2) is 13.3. The Labute approximate surface area is 262 Å². The van der Waals surface area contributed by atoms with Crippen molar-refractivity contribution in [1.29, 1.82) is 0 Å². The molecular formula is C31H27Cl2N3O4S2. The van der Waals surface area contributed by atoms with Gasteiger partial charge < -0.3 is 9.84 Å². The number of nitrogens with zero attached hydrogens (tertiary/aromatic N) is 3. The first-order valence-corrected chi connectivity index (χ1v) is 15.9. The molecule has 1 aliphatic heterocycles. The topological polar surface area (TPSA) is 92.6 Å². The van der Waals surface area contributed by atoms with E-state index >= 15 is 0 Å². The number of ketones is 1. The molecule has 0 bridgehead atoms. The van der Waals surface area contributed by atoms with Crippen molar-refractivity contribution in [2.45, 2.75) is 42.8 Å². The minimum absolute atomic E-state index is 0.0103. The van der Waals surface area contributed by atoms with Crippen LogP contribution in [-0.4, -0.2) is 33.6 Å². The van der Waals surface area contributed by atoms with Crippen LogP contribution >= 0.6 is 46.3 Å². The Bertz CT molecular complexity index is 1640. The molecule has 0 aliphatic carbocycles. The Morgan fingerprint density at radius 2 is 1.76 bits per heavy atom. The minimum atomic E-state index is -0.886. The van der Waals surface area contributed by atoms with Crippen molar-refractivity contribution in [2.24, 2.45) is 0 Å². The quantitative estimate of drug-likeness (QED) is 0.0616. The molecule has 1 fully saturated rings. The second-order valence-corrected chi connectivity index (χ2v) is 12.5. The summed E-state index contributed by atoms with van der Waals surface area (Å²) in [6, 6.07) is 18.9. The van der Waals surface area contributed by atoms with Crippen LogP contribution < -0.4 is 9.64 Å². The van der Waals surface area contributed by atoms with Crippen LogP contribution in [0.5, 0.6) is 5.75 Å². The number of ether oxygens (including phenoxy) is 1. The van der Waals surface area contributed by atoms with Gasteiger partial charge in [0.05, 0.1) is 18.2 Å². The van der Waals surface area contributed by atoms with E-state index in [9.17, 15) is 14.7 Å². The molecule has 1 atom stereocenters. The Balaban J connectivity index is 1.50. The zero-order chi connectivity index (χ0) is 29.8. The molecule has 4 aromatic rings. The zero-order valence-corrected chi connectivity index (χ0v) is 26.0. The SMILES string of the molecule is CCCOc1ccc(/C(O)=C2/C(=O)C(=O)N(c3nnc(SCc4ccc(Cl)cc4Cl)s3)C2c2ccc(CC)cc2)cc1. The van der Waals surface area contributed by atoms with Crippen LogP contribution in [0.2, 0.25) is 10.0 Å². The molecule has 1 aliphatic rings. The minimum Gasteiger partial charge on any atom is -0.507 e. The van der Waals surface area contributed by atoms with Gasteiger partial charge in [0, 0.05) is 21.4 Å². The molecule has 1 saturated heterocycles. The van der Waals surface area contributed by atoms with Crippen molar-refractivity contribution in [3.8, 4) is 5.75 Å². The summed E-state index contributed by atoms with van der Waals surface area (Å²) in [6.07, 6.45) is 1.70. The Kier molecular flexibility index (Phi) is 9.53. The van der Waals surface area contributed by atoms with Crippen molar-refractivity contribution in [2.75, 3.05) is 11.5 Å². The third-order valence-corrected chi connectivity index (χ3v) is 9.41. The standard InChI is InChI=1S/C31H27Cl2N3O4S2/c1-3-15-40-23-13-10-20(11-14-23)27(37)25-26(19-7-5-18(4-2)6-8-19)36(29(39)28(25)38)30-34-35-31(42-30)41-17-21-9-12-22(32)16-24(21)33/h5-14,16,26,37H,3-4,15,17H2,1-2H3/b27-25-. The summed E-state index contributed by atoms with van der Waals surface area (Å²) < 4.78 is 6.24. The largest absolute Gasteiger partial charge is 0.507 e. The van der Waals surface area contributed by atoms with Gasteiger partial charge in [-0.05, 0) is 65.9 Å². The van der Waals surface area contributed by atoms with Crippen molar-refractivity contribution in [3.05, 3.63) is 105 Å². The summed E-state index contributed by atoms with van der Waals surface area (Å²) in [5.41, 5.74) is 3.05. The average Bonchev–Trinajstić information content (AvgIpc) is 3.57. The predicted octanol–water partition coefficient (Wildman–Crippen LogP) is 8.11. The lowest BCUT2D eigenvalue weighted by Gasteiger charge is -2.22. The van der Waals surface area contributed by atoms with Crippen LogP contribution in [0, 0.1) is 0 Å². The maximum atomic E-state index is 13.5. The van der Waals surface area contributed by atoms with E-state index in [1.807, 2.05) is 44.2 Å². The molecule has 7 nitrogen and oxygen atoms in total. The lowest BCUT2D eigenvalue weighted by atomic mass is 9.94. The Morgan fingerprint density at radius 3 is 2.43 bits per heavy atom. The summed E-state index contributed by atoms with van der Waals surface area (Å²) in [5.74, 6) is -0.667. The molecule has 3 aromatic carbocycles. The number of rotatable bonds is 10.